The third kappa shape index (κ3) is 5.21. The fraction of sp³-hybridized carbons (Fsp3) is 0.375. The average molecular weight is 315 g/mol. The normalized spacial score (nSPS) is 10.3. The van der Waals surface area contributed by atoms with Gasteiger partial charge in [0.05, 0.1) is 6.61 Å². The predicted molar refractivity (Wildman–Crippen MR) is 86.9 cm³/mol. The van der Waals surface area contributed by atoms with Gasteiger partial charge in [-0.05, 0) is 35.9 Å². The summed E-state index contributed by atoms with van der Waals surface area (Å²) in [4.78, 5) is 12.8. The van der Waals surface area contributed by atoms with E-state index < -0.39 is 0 Å². The molecular formula is C16H21N5O2. The molecule has 122 valence electrons. The van der Waals surface area contributed by atoms with Gasteiger partial charge in [-0.3, -0.25) is 4.79 Å². The number of unbranched alkanes of at least 4 members (excludes halogenated alkanes) is 1. The summed E-state index contributed by atoms with van der Waals surface area (Å²) in [5.41, 5.74) is 0.825. The van der Waals surface area contributed by atoms with Crippen molar-refractivity contribution >= 4 is 5.91 Å². The van der Waals surface area contributed by atoms with Crippen molar-refractivity contribution < 1.29 is 9.53 Å². The molecule has 1 aromatic carbocycles. The number of hydrogen-bond acceptors (Lipinski definition) is 5. The molecule has 0 bridgehead atoms. The fourth-order valence-corrected chi connectivity index (χ4v) is 1.83. The van der Waals surface area contributed by atoms with Crippen LogP contribution in [-0.4, -0.2) is 39.3 Å². The summed E-state index contributed by atoms with van der Waals surface area (Å²) in [7, 11) is 0. The van der Waals surface area contributed by atoms with Gasteiger partial charge in [0.25, 0.3) is 0 Å². The van der Waals surface area contributed by atoms with E-state index in [2.05, 4.69) is 34.2 Å². The second-order valence-corrected chi connectivity index (χ2v) is 4.96. The number of nitrogens with zero attached hydrogens (tertiary/aromatic N) is 4. The number of benzene rings is 1. The van der Waals surface area contributed by atoms with Gasteiger partial charge in [0.2, 0.25) is 11.7 Å². The summed E-state index contributed by atoms with van der Waals surface area (Å²) in [6.07, 6.45) is 3.75. The summed E-state index contributed by atoms with van der Waals surface area (Å²) >= 11 is 0. The van der Waals surface area contributed by atoms with E-state index in [1.165, 1.54) is 4.80 Å². The fourth-order valence-electron chi connectivity index (χ4n) is 1.83. The quantitative estimate of drug-likeness (QED) is 0.564. The monoisotopic (exact) mass is 315 g/mol. The molecule has 0 saturated carbocycles. The maximum absolute atomic E-state index is 11.6. The van der Waals surface area contributed by atoms with Crippen LogP contribution in [0.25, 0.3) is 11.4 Å². The lowest BCUT2D eigenvalue weighted by Gasteiger charge is -2.05. The Morgan fingerprint density at radius 3 is 2.87 bits per heavy atom. The van der Waals surface area contributed by atoms with Crippen LogP contribution >= 0.6 is 0 Å². The van der Waals surface area contributed by atoms with Crippen molar-refractivity contribution in [3.8, 4) is 17.1 Å². The molecule has 1 heterocycles. The summed E-state index contributed by atoms with van der Waals surface area (Å²) in [5.74, 6) is 1.11. The molecule has 1 N–H and O–H groups in total. The Hall–Kier alpha value is -2.70. The Morgan fingerprint density at radius 2 is 2.17 bits per heavy atom. The van der Waals surface area contributed by atoms with Gasteiger partial charge in [0, 0.05) is 12.1 Å². The highest BCUT2D eigenvalue weighted by Gasteiger charge is 2.09. The summed E-state index contributed by atoms with van der Waals surface area (Å²) in [5, 5.41) is 14.7. The number of amides is 1. The Labute approximate surface area is 135 Å². The lowest BCUT2D eigenvalue weighted by molar-refractivity contribution is -0.121. The van der Waals surface area contributed by atoms with Crippen molar-refractivity contribution in [2.45, 2.75) is 26.3 Å². The topological polar surface area (TPSA) is 81.9 Å². The molecular weight excluding hydrogens is 294 g/mol. The molecule has 0 aliphatic rings. The molecule has 7 heteroatoms. The van der Waals surface area contributed by atoms with Crippen LogP contribution in [0.15, 0.2) is 36.9 Å². The third-order valence-corrected chi connectivity index (χ3v) is 3.06. The minimum Gasteiger partial charge on any atom is -0.494 e. The second kappa shape index (κ2) is 8.67. The zero-order chi connectivity index (χ0) is 16.5. The molecule has 0 saturated heterocycles. The van der Waals surface area contributed by atoms with Gasteiger partial charge in [-0.15, -0.1) is 16.8 Å². The number of rotatable bonds is 9. The van der Waals surface area contributed by atoms with Gasteiger partial charge in [0.15, 0.2) is 0 Å². The molecule has 1 amide bonds. The summed E-state index contributed by atoms with van der Waals surface area (Å²) < 4.78 is 5.61. The molecule has 0 fully saturated rings. The van der Waals surface area contributed by atoms with Crippen molar-refractivity contribution in [1.29, 1.82) is 0 Å². The van der Waals surface area contributed by atoms with Crippen molar-refractivity contribution in [2.24, 2.45) is 0 Å². The lowest BCUT2D eigenvalue weighted by atomic mass is 10.2. The standard InChI is InChI=1S/C16H21N5O2/c1-3-5-11-23-14-8-6-13(7-9-14)16-18-20-21(19-16)12-15(22)17-10-4-2/h4,6-9H,2-3,5,10-12H2,1H3,(H,17,22). The van der Waals surface area contributed by atoms with Gasteiger partial charge in [-0.1, -0.05) is 19.4 Å². The number of hydrogen-bond donors (Lipinski definition) is 1. The largest absolute Gasteiger partial charge is 0.494 e. The zero-order valence-corrected chi connectivity index (χ0v) is 13.2. The Kier molecular flexibility index (Phi) is 6.28. The number of carbonyl (C=O) groups excluding carboxylic acids is 1. The number of nitrogens with one attached hydrogen (secondary N) is 1. The van der Waals surface area contributed by atoms with E-state index in [4.69, 9.17) is 4.74 Å². The van der Waals surface area contributed by atoms with Crippen molar-refractivity contribution in [2.75, 3.05) is 13.2 Å². The molecule has 2 rings (SSSR count). The Bertz CT molecular complexity index is 636. The molecule has 1 aromatic heterocycles. The number of tetrazole rings is 1. The third-order valence-electron chi connectivity index (χ3n) is 3.06. The number of carbonyl (C=O) groups is 1. The highest BCUT2D eigenvalue weighted by molar-refractivity contribution is 5.75. The SMILES string of the molecule is C=CCNC(=O)Cn1nnc(-c2ccc(OCCCC)cc2)n1. The molecule has 0 atom stereocenters. The first kappa shape index (κ1) is 16.7. The summed E-state index contributed by atoms with van der Waals surface area (Å²) in [6.45, 7) is 6.82. The van der Waals surface area contributed by atoms with E-state index in [0.29, 0.717) is 19.0 Å². The van der Waals surface area contributed by atoms with Gasteiger partial charge in [0.1, 0.15) is 12.3 Å². The maximum Gasteiger partial charge on any atom is 0.243 e. The zero-order valence-electron chi connectivity index (χ0n) is 13.2. The first-order valence-corrected chi connectivity index (χ1v) is 7.61. The number of aromatic nitrogens is 4. The van der Waals surface area contributed by atoms with Crippen LogP contribution in [0.4, 0.5) is 0 Å². The van der Waals surface area contributed by atoms with Crippen LogP contribution in [0, 0.1) is 0 Å². The van der Waals surface area contributed by atoms with E-state index in [1.807, 2.05) is 24.3 Å². The van der Waals surface area contributed by atoms with Crippen LogP contribution in [0.3, 0.4) is 0 Å². The van der Waals surface area contributed by atoms with E-state index in [-0.39, 0.29) is 12.5 Å². The van der Waals surface area contributed by atoms with Crippen molar-refractivity contribution in [1.82, 2.24) is 25.5 Å². The van der Waals surface area contributed by atoms with Gasteiger partial charge in [-0.2, -0.15) is 4.80 Å². The molecule has 0 radical (unpaired) electrons. The molecule has 0 spiro atoms. The van der Waals surface area contributed by atoms with Gasteiger partial charge in [-0.25, -0.2) is 0 Å². The van der Waals surface area contributed by atoms with Crippen LogP contribution < -0.4 is 10.1 Å². The Morgan fingerprint density at radius 1 is 1.39 bits per heavy atom. The van der Waals surface area contributed by atoms with Crippen molar-refractivity contribution in [3.05, 3.63) is 36.9 Å². The Balaban J connectivity index is 1.94. The van der Waals surface area contributed by atoms with Crippen LogP contribution in [-0.2, 0) is 11.3 Å². The minimum absolute atomic E-state index is 0.0268. The molecule has 0 aliphatic carbocycles. The molecule has 0 unspecified atom stereocenters. The number of ether oxygens (including phenoxy) is 1. The molecule has 7 nitrogen and oxygen atoms in total. The molecule has 23 heavy (non-hydrogen) atoms. The first-order chi connectivity index (χ1) is 11.2. The highest BCUT2D eigenvalue weighted by atomic mass is 16.5. The van der Waals surface area contributed by atoms with Gasteiger partial charge >= 0.3 is 0 Å². The molecule has 2 aromatic rings. The predicted octanol–water partition coefficient (Wildman–Crippen LogP) is 1.82. The first-order valence-electron chi connectivity index (χ1n) is 7.61. The van der Waals surface area contributed by atoms with Gasteiger partial charge < -0.3 is 10.1 Å². The maximum atomic E-state index is 11.6. The smallest absolute Gasteiger partial charge is 0.243 e. The average Bonchev–Trinajstić information content (AvgIpc) is 3.02. The van der Waals surface area contributed by atoms with E-state index in [1.54, 1.807) is 6.08 Å². The van der Waals surface area contributed by atoms with Crippen molar-refractivity contribution in [3.63, 3.8) is 0 Å². The minimum atomic E-state index is -0.187. The van der Waals surface area contributed by atoms with Crippen LogP contribution in [0.5, 0.6) is 5.75 Å². The molecule has 0 aliphatic heterocycles. The van der Waals surface area contributed by atoms with Crippen LogP contribution in [0.1, 0.15) is 19.8 Å². The van der Waals surface area contributed by atoms with E-state index >= 15 is 0 Å². The summed E-state index contributed by atoms with van der Waals surface area (Å²) in [6, 6.07) is 7.51. The van der Waals surface area contributed by atoms with Crippen LogP contribution in [0.2, 0.25) is 0 Å². The lowest BCUT2D eigenvalue weighted by Crippen LogP contribution is -2.28. The van der Waals surface area contributed by atoms with E-state index in [0.717, 1.165) is 24.2 Å². The highest BCUT2D eigenvalue weighted by Crippen LogP contribution is 2.18. The second-order valence-electron chi connectivity index (χ2n) is 4.96. The van der Waals surface area contributed by atoms with E-state index in [9.17, 15) is 4.79 Å².